The maximum Gasteiger partial charge on any atom is 0.319 e. The van der Waals surface area contributed by atoms with Gasteiger partial charge < -0.3 is 15.5 Å². The predicted octanol–water partition coefficient (Wildman–Crippen LogP) is 4.03. The van der Waals surface area contributed by atoms with Crippen molar-refractivity contribution in [1.29, 1.82) is 0 Å². The number of carbonyl (C=O) groups excluding carboxylic acids is 1. The normalized spacial score (nSPS) is 13.8. The number of benzene rings is 2. The monoisotopic (exact) mass is 349 g/mol. The molecule has 0 aliphatic carbocycles. The maximum absolute atomic E-state index is 14.2. The van der Waals surface area contributed by atoms with Crippen molar-refractivity contribution in [2.75, 3.05) is 23.3 Å². The van der Waals surface area contributed by atoms with Crippen LogP contribution in [0.2, 0.25) is 0 Å². The average Bonchev–Trinajstić information content (AvgIpc) is 3.08. The van der Waals surface area contributed by atoms with Crippen molar-refractivity contribution in [3.63, 3.8) is 0 Å². The van der Waals surface area contributed by atoms with Crippen LogP contribution in [-0.4, -0.2) is 19.1 Å². The van der Waals surface area contributed by atoms with Gasteiger partial charge in [0.1, 0.15) is 11.5 Å². The van der Waals surface area contributed by atoms with Crippen LogP contribution in [0.25, 0.3) is 0 Å². The fourth-order valence-electron chi connectivity index (χ4n) is 2.84. The van der Waals surface area contributed by atoms with Crippen molar-refractivity contribution in [2.24, 2.45) is 0 Å². The van der Waals surface area contributed by atoms with Crippen LogP contribution in [0.15, 0.2) is 36.4 Å². The van der Waals surface area contributed by atoms with E-state index in [9.17, 15) is 18.0 Å². The number of urea groups is 1. The number of hydrogen-bond donors (Lipinski definition) is 2. The van der Waals surface area contributed by atoms with E-state index >= 15 is 0 Å². The lowest BCUT2D eigenvalue weighted by atomic mass is 10.2. The number of hydrogen-bond acceptors (Lipinski definition) is 2. The smallest absolute Gasteiger partial charge is 0.319 e. The van der Waals surface area contributed by atoms with Gasteiger partial charge in [0.25, 0.3) is 0 Å². The summed E-state index contributed by atoms with van der Waals surface area (Å²) in [4.78, 5) is 13.5. The number of nitrogens with zero attached hydrogens (tertiary/aromatic N) is 1. The molecule has 7 heteroatoms. The van der Waals surface area contributed by atoms with E-state index < -0.39 is 17.7 Å². The second kappa shape index (κ2) is 7.46. The largest absolute Gasteiger partial charge is 0.367 e. The Morgan fingerprint density at radius 3 is 2.20 bits per heavy atom. The summed E-state index contributed by atoms with van der Waals surface area (Å²) in [5.41, 5.74) is 0.697. The molecule has 1 fully saturated rings. The number of anilines is 2. The summed E-state index contributed by atoms with van der Waals surface area (Å²) in [7, 11) is 0. The molecule has 0 bridgehead atoms. The molecule has 2 aromatic carbocycles. The Morgan fingerprint density at radius 1 is 1.00 bits per heavy atom. The van der Waals surface area contributed by atoms with Crippen LogP contribution < -0.4 is 15.5 Å². The van der Waals surface area contributed by atoms with E-state index in [-0.39, 0.29) is 23.7 Å². The molecule has 4 nitrogen and oxygen atoms in total. The molecular formula is C18H18F3N3O. The third-order valence-corrected chi connectivity index (χ3v) is 4.06. The van der Waals surface area contributed by atoms with E-state index in [1.807, 2.05) is 0 Å². The highest BCUT2D eigenvalue weighted by molar-refractivity contribution is 5.89. The summed E-state index contributed by atoms with van der Waals surface area (Å²) in [5, 5.41) is 4.95. The minimum absolute atomic E-state index is 0.0366. The van der Waals surface area contributed by atoms with E-state index in [0.717, 1.165) is 25.0 Å². The highest BCUT2D eigenvalue weighted by Crippen LogP contribution is 2.29. The lowest BCUT2D eigenvalue weighted by Gasteiger charge is -2.20. The standard InChI is InChI=1S/C18H18F3N3O/c19-13-5-3-12(4-6-13)11-22-18(25)23-14-9-15(20)17(16(21)10-14)24-7-1-2-8-24/h3-6,9-10H,1-2,7-8,11H2,(H2,22,23,25). The van der Waals surface area contributed by atoms with E-state index in [1.54, 1.807) is 17.0 Å². The average molecular weight is 349 g/mol. The summed E-state index contributed by atoms with van der Waals surface area (Å²) in [5.74, 6) is -1.76. The Balaban J connectivity index is 1.62. The zero-order valence-electron chi connectivity index (χ0n) is 13.5. The highest BCUT2D eigenvalue weighted by atomic mass is 19.1. The molecule has 2 N–H and O–H groups in total. The summed E-state index contributed by atoms with van der Waals surface area (Å²) < 4.78 is 41.2. The fraction of sp³-hybridized carbons (Fsp3) is 0.278. The van der Waals surface area contributed by atoms with Crippen molar-refractivity contribution in [3.8, 4) is 0 Å². The van der Waals surface area contributed by atoms with Crippen LogP contribution in [0, 0.1) is 17.5 Å². The first-order chi connectivity index (χ1) is 12.0. The van der Waals surface area contributed by atoms with E-state index in [1.165, 1.54) is 12.1 Å². The quantitative estimate of drug-likeness (QED) is 0.875. The zero-order valence-corrected chi connectivity index (χ0v) is 13.5. The minimum Gasteiger partial charge on any atom is -0.367 e. The SMILES string of the molecule is O=C(NCc1ccc(F)cc1)Nc1cc(F)c(N2CCCC2)c(F)c1. The first kappa shape index (κ1) is 17.1. The molecule has 1 aliphatic rings. The molecule has 0 unspecified atom stereocenters. The molecule has 0 saturated carbocycles. The Kier molecular flexibility index (Phi) is 5.11. The number of nitrogens with one attached hydrogen (secondary N) is 2. The Morgan fingerprint density at radius 2 is 1.60 bits per heavy atom. The number of halogens is 3. The first-order valence-corrected chi connectivity index (χ1v) is 8.06. The van der Waals surface area contributed by atoms with Crippen LogP contribution in [-0.2, 0) is 6.54 Å². The molecule has 1 saturated heterocycles. The summed E-state index contributed by atoms with van der Waals surface area (Å²) in [6, 6.07) is 7.27. The van der Waals surface area contributed by atoms with Crippen molar-refractivity contribution in [3.05, 3.63) is 59.4 Å². The molecule has 3 rings (SSSR count). The molecule has 0 spiro atoms. The first-order valence-electron chi connectivity index (χ1n) is 8.06. The van der Waals surface area contributed by atoms with E-state index in [4.69, 9.17) is 0 Å². The number of rotatable bonds is 4. The van der Waals surface area contributed by atoms with Crippen molar-refractivity contribution >= 4 is 17.4 Å². The summed E-state index contributed by atoms with van der Waals surface area (Å²) >= 11 is 0. The molecule has 0 aromatic heterocycles. The Bertz CT molecular complexity index is 736. The van der Waals surface area contributed by atoms with Gasteiger partial charge in [-0.05, 0) is 42.7 Å². The molecule has 25 heavy (non-hydrogen) atoms. The fourth-order valence-corrected chi connectivity index (χ4v) is 2.84. The van der Waals surface area contributed by atoms with E-state index in [2.05, 4.69) is 10.6 Å². The second-order valence-electron chi connectivity index (χ2n) is 5.92. The Labute approximate surface area is 143 Å². The molecule has 1 aliphatic heterocycles. The molecular weight excluding hydrogens is 331 g/mol. The number of carbonyl (C=O) groups is 1. The van der Waals surface area contributed by atoms with Crippen molar-refractivity contribution in [1.82, 2.24) is 5.32 Å². The third-order valence-electron chi connectivity index (χ3n) is 4.06. The molecule has 0 radical (unpaired) electrons. The lowest BCUT2D eigenvalue weighted by molar-refractivity contribution is 0.251. The molecule has 2 aromatic rings. The van der Waals surface area contributed by atoms with Gasteiger partial charge in [0.05, 0.1) is 0 Å². The van der Waals surface area contributed by atoms with Gasteiger partial charge in [-0.25, -0.2) is 18.0 Å². The van der Waals surface area contributed by atoms with Gasteiger partial charge in [0, 0.05) is 25.3 Å². The van der Waals surface area contributed by atoms with Gasteiger partial charge >= 0.3 is 6.03 Å². The van der Waals surface area contributed by atoms with Crippen LogP contribution in [0.5, 0.6) is 0 Å². The summed E-state index contributed by atoms with van der Waals surface area (Å²) in [6.45, 7) is 1.42. The van der Waals surface area contributed by atoms with Gasteiger partial charge in [-0.3, -0.25) is 0 Å². The second-order valence-corrected chi connectivity index (χ2v) is 5.92. The van der Waals surface area contributed by atoms with Crippen LogP contribution >= 0.6 is 0 Å². The predicted molar refractivity (Wildman–Crippen MR) is 90.1 cm³/mol. The van der Waals surface area contributed by atoms with Gasteiger partial charge in [-0.1, -0.05) is 12.1 Å². The van der Waals surface area contributed by atoms with E-state index in [0.29, 0.717) is 18.7 Å². The van der Waals surface area contributed by atoms with Crippen molar-refractivity contribution < 1.29 is 18.0 Å². The molecule has 0 atom stereocenters. The van der Waals surface area contributed by atoms with Gasteiger partial charge in [-0.15, -0.1) is 0 Å². The maximum atomic E-state index is 14.2. The lowest BCUT2D eigenvalue weighted by Crippen LogP contribution is -2.28. The topological polar surface area (TPSA) is 44.4 Å². The summed E-state index contributed by atoms with van der Waals surface area (Å²) in [6.07, 6.45) is 1.81. The van der Waals surface area contributed by atoms with Gasteiger partial charge in [0.15, 0.2) is 11.6 Å². The van der Waals surface area contributed by atoms with Gasteiger partial charge in [0.2, 0.25) is 0 Å². The molecule has 132 valence electrons. The third kappa shape index (κ3) is 4.23. The minimum atomic E-state index is -0.698. The van der Waals surface area contributed by atoms with Crippen LogP contribution in [0.1, 0.15) is 18.4 Å². The molecule has 2 amide bonds. The van der Waals surface area contributed by atoms with Gasteiger partial charge in [-0.2, -0.15) is 0 Å². The zero-order chi connectivity index (χ0) is 17.8. The van der Waals surface area contributed by atoms with Crippen molar-refractivity contribution in [2.45, 2.75) is 19.4 Å². The molecule has 1 heterocycles. The van der Waals surface area contributed by atoms with Crippen LogP contribution in [0.3, 0.4) is 0 Å². The van der Waals surface area contributed by atoms with Crippen LogP contribution in [0.4, 0.5) is 29.3 Å². The Hall–Kier alpha value is -2.70. The number of amides is 2. The highest BCUT2D eigenvalue weighted by Gasteiger charge is 2.21.